The van der Waals surface area contributed by atoms with Crippen LogP contribution in [0.3, 0.4) is 0 Å². The van der Waals surface area contributed by atoms with Gasteiger partial charge < -0.3 is 10.2 Å². The Bertz CT molecular complexity index is 652. The molecule has 8 heteroatoms. The maximum Gasteiger partial charge on any atom is 0.643 e. The lowest BCUT2D eigenvalue weighted by Crippen LogP contribution is -2.28. The standard InChI is InChI=1S/C10H12O2.C6H6.C4H6O2.Al.3ClH/c1-10(2,9(11)12)8-6-4-3-5-7-8;1-2-4-6-5-3-1;1-3(2)4(5)6;;;;/h3-7H,1-2H3,(H,11,12);1-6H;1H2,2H3,(H,5,6);;3*1H/q;;;+3;;;/p-3. The number of hydrogen-bond acceptors (Lipinski definition) is 2. The largest absolute Gasteiger partial charge is 0.643 e. The van der Waals surface area contributed by atoms with Gasteiger partial charge in [-0.3, -0.25) is 4.79 Å². The molecule has 2 aromatic carbocycles. The van der Waals surface area contributed by atoms with Crippen molar-refractivity contribution in [2.45, 2.75) is 26.2 Å². The number of carboxylic acids is 2. The first-order valence-corrected chi connectivity index (χ1v) is 13.3. The molecule has 0 spiro atoms. The Morgan fingerprint density at radius 1 is 0.857 bits per heavy atom. The van der Waals surface area contributed by atoms with Gasteiger partial charge >= 0.3 is 23.3 Å². The minimum atomic E-state index is -1.72. The van der Waals surface area contributed by atoms with Crippen LogP contribution in [0.1, 0.15) is 26.3 Å². The van der Waals surface area contributed by atoms with Crippen LogP contribution in [0.2, 0.25) is 0 Å². The summed E-state index contributed by atoms with van der Waals surface area (Å²) in [5.41, 5.74) is 0.217. The summed E-state index contributed by atoms with van der Waals surface area (Å²) in [4.78, 5) is 20.4. The van der Waals surface area contributed by atoms with Crippen LogP contribution in [0.15, 0.2) is 78.9 Å². The van der Waals surface area contributed by atoms with E-state index in [4.69, 9.17) is 40.4 Å². The molecule has 4 nitrogen and oxygen atoms in total. The summed E-state index contributed by atoms with van der Waals surface area (Å²) in [5, 5.41) is 16.8. The van der Waals surface area contributed by atoms with E-state index in [9.17, 15) is 9.59 Å². The third kappa shape index (κ3) is 16.7. The fourth-order valence-electron chi connectivity index (χ4n) is 1.36. The van der Waals surface area contributed by atoms with Crippen molar-refractivity contribution in [3.8, 4) is 0 Å². The highest BCUT2D eigenvalue weighted by Crippen LogP contribution is 2.22. The SMILES string of the molecule is C=C(C)C(=O)O.CC(C)(C(=O)O)c1ccccc1.[Cl][Al]([Cl])[Cl].c1ccccc1. The van der Waals surface area contributed by atoms with Gasteiger partial charge in [0.05, 0.1) is 5.41 Å². The average Bonchev–Trinajstić information content (AvgIpc) is 2.64. The third-order valence-electron chi connectivity index (χ3n) is 3.06. The van der Waals surface area contributed by atoms with Crippen molar-refractivity contribution >= 4 is 53.5 Å². The zero-order chi connectivity index (χ0) is 22.2. The Morgan fingerprint density at radius 3 is 1.32 bits per heavy atom. The summed E-state index contributed by atoms with van der Waals surface area (Å²) in [6, 6.07) is 21.2. The molecule has 0 aliphatic heterocycles. The Labute approximate surface area is 183 Å². The second-order valence-corrected chi connectivity index (χ2v) is 12.2. The molecule has 0 amide bonds. The normalized spacial score (nSPS) is 9.07. The van der Waals surface area contributed by atoms with Gasteiger partial charge in [-0.1, -0.05) is 73.3 Å². The van der Waals surface area contributed by atoms with Gasteiger partial charge in [0.25, 0.3) is 0 Å². The van der Waals surface area contributed by atoms with Gasteiger partial charge in [0, 0.05) is 5.57 Å². The van der Waals surface area contributed by atoms with Crippen LogP contribution >= 0.6 is 30.1 Å². The topological polar surface area (TPSA) is 74.6 Å². The predicted molar refractivity (Wildman–Crippen MR) is 119 cm³/mol. The lowest BCUT2D eigenvalue weighted by Gasteiger charge is -2.18. The number of carboxylic acid groups (broad SMARTS) is 2. The van der Waals surface area contributed by atoms with Crippen LogP contribution in [0, 0.1) is 0 Å². The van der Waals surface area contributed by atoms with Gasteiger partial charge in [-0.05, 0) is 26.3 Å². The number of hydrogen-bond donors (Lipinski definition) is 2. The van der Waals surface area contributed by atoms with Crippen LogP contribution in [0.5, 0.6) is 0 Å². The van der Waals surface area contributed by atoms with Crippen LogP contribution in [-0.2, 0) is 15.0 Å². The van der Waals surface area contributed by atoms with Crippen molar-refractivity contribution in [2.24, 2.45) is 0 Å². The molecular weight excluding hydrogens is 438 g/mol. The van der Waals surface area contributed by atoms with Crippen LogP contribution < -0.4 is 0 Å². The van der Waals surface area contributed by atoms with Crippen LogP contribution in [-0.4, -0.2) is 33.5 Å². The second-order valence-electron chi connectivity index (χ2n) is 5.78. The number of carbonyl (C=O) groups is 2. The van der Waals surface area contributed by atoms with Gasteiger partial charge in [0.15, 0.2) is 0 Å². The van der Waals surface area contributed by atoms with Crippen molar-refractivity contribution in [3.63, 3.8) is 0 Å². The van der Waals surface area contributed by atoms with Gasteiger partial charge in [0.2, 0.25) is 0 Å². The van der Waals surface area contributed by atoms with E-state index in [0.717, 1.165) is 5.56 Å². The Kier molecular flexibility index (Phi) is 16.9. The van der Waals surface area contributed by atoms with E-state index >= 15 is 0 Å². The Hall–Kier alpha value is -1.48. The summed E-state index contributed by atoms with van der Waals surface area (Å²) in [6.07, 6.45) is 0. The molecule has 28 heavy (non-hydrogen) atoms. The van der Waals surface area contributed by atoms with Crippen molar-refractivity contribution in [1.82, 2.24) is 0 Å². The van der Waals surface area contributed by atoms with Crippen molar-refractivity contribution in [3.05, 3.63) is 84.4 Å². The van der Waals surface area contributed by atoms with Crippen LogP contribution in [0.25, 0.3) is 0 Å². The molecule has 2 rings (SSSR count). The van der Waals surface area contributed by atoms with Crippen molar-refractivity contribution in [1.29, 1.82) is 0 Å². The van der Waals surface area contributed by atoms with Gasteiger partial charge in [-0.15, -0.1) is 0 Å². The molecule has 2 N–H and O–H groups in total. The fraction of sp³-hybridized carbons (Fsp3) is 0.200. The van der Waals surface area contributed by atoms with E-state index in [0.29, 0.717) is 0 Å². The van der Waals surface area contributed by atoms with E-state index in [2.05, 4.69) is 6.58 Å². The fourth-order valence-corrected chi connectivity index (χ4v) is 1.36. The molecular formula is C20H24AlCl3O4. The molecule has 0 radical (unpaired) electrons. The van der Waals surface area contributed by atoms with Gasteiger partial charge in [-0.2, -0.15) is 0 Å². The van der Waals surface area contributed by atoms with Crippen molar-refractivity contribution < 1.29 is 19.8 Å². The highest BCUT2D eigenvalue weighted by molar-refractivity contribution is 7.54. The first kappa shape index (κ1) is 28.7. The quantitative estimate of drug-likeness (QED) is 0.430. The second kappa shape index (κ2) is 16.5. The minimum Gasteiger partial charge on any atom is -0.481 e. The van der Waals surface area contributed by atoms with E-state index in [1.165, 1.54) is 6.92 Å². The van der Waals surface area contributed by atoms with E-state index in [1.807, 2.05) is 66.7 Å². The number of aliphatic carboxylic acids is 2. The first-order chi connectivity index (χ1) is 12.9. The van der Waals surface area contributed by atoms with Gasteiger partial charge in [-0.25, -0.2) is 34.9 Å². The monoisotopic (exact) mass is 460 g/mol. The highest BCUT2D eigenvalue weighted by Gasteiger charge is 2.28. The van der Waals surface area contributed by atoms with Crippen LogP contribution in [0.4, 0.5) is 0 Å². The zero-order valence-corrected chi connectivity index (χ0v) is 19.4. The molecule has 0 fully saturated rings. The highest BCUT2D eigenvalue weighted by atomic mass is 35.8. The molecule has 0 aliphatic rings. The zero-order valence-electron chi connectivity index (χ0n) is 16.0. The van der Waals surface area contributed by atoms with E-state index in [-0.39, 0.29) is 5.57 Å². The minimum absolute atomic E-state index is 0.176. The molecule has 0 saturated carbocycles. The molecule has 0 atom stereocenters. The summed E-state index contributed by atoms with van der Waals surface area (Å²) >= 11 is -1.72. The number of rotatable bonds is 3. The molecule has 152 valence electrons. The molecule has 0 aromatic heterocycles. The molecule has 0 heterocycles. The lowest BCUT2D eigenvalue weighted by atomic mass is 9.85. The van der Waals surface area contributed by atoms with Gasteiger partial charge in [0.1, 0.15) is 0 Å². The number of benzene rings is 2. The number of halogens is 3. The maximum atomic E-state index is 10.8. The summed E-state index contributed by atoms with van der Waals surface area (Å²) in [7, 11) is 14.8. The lowest BCUT2D eigenvalue weighted by molar-refractivity contribution is -0.142. The molecule has 0 saturated heterocycles. The molecule has 2 aromatic rings. The predicted octanol–water partition coefficient (Wildman–Crippen LogP) is 6.07. The first-order valence-electron chi connectivity index (χ1n) is 8.02. The maximum absolute atomic E-state index is 10.8. The Morgan fingerprint density at radius 2 is 1.11 bits per heavy atom. The average molecular weight is 462 g/mol. The molecule has 0 bridgehead atoms. The molecule has 0 aliphatic carbocycles. The summed E-state index contributed by atoms with van der Waals surface area (Å²) < 4.78 is 0. The summed E-state index contributed by atoms with van der Waals surface area (Å²) in [5.74, 6) is -1.73. The molecule has 0 unspecified atom stereocenters. The third-order valence-corrected chi connectivity index (χ3v) is 3.06. The summed E-state index contributed by atoms with van der Waals surface area (Å²) in [6.45, 7) is 8.00. The van der Waals surface area contributed by atoms with E-state index < -0.39 is 28.7 Å². The van der Waals surface area contributed by atoms with Crippen molar-refractivity contribution in [2.75, 3.05) is 0 Å². The van der Waals surface area contributed by atoms with E-state index in [1.54, 1.807) is 13.8 Å². The smallest absolute Gasteiger partial charge is 0.481 e. The Balaban J connectivity index is 0.